The fourth-order valence-electron chi connectivity index (χ4n) is 2.36. The van der Waals surface area contributed by atoms with Gasteiger partial charge in [0.25, 0.3) is 5.91 Å². The van der Waals surface area contributed by atoms with Crippen LogP contribution < -0.4 is 5.32 Å². The number of amides is 1. The molecule has 1 fully saturated rings. The molecule has 0 bridgehead atoms. The van der Waals surface area contributed by atoms with E-state index in [9.17, 15) is 9.18 Å². The van der Waals surface area contributed by atoms with Crippen LogP contribution in [0, 0.1) is 5.82 Å². The number of benzene rings is 1. The molecule has 2 rings (SSSR count). The SMILES string of the molecule is O=C(NC1CCCCCC1Br)c1ccc(O)cc1F. The summed E-state index contributed by atoms with van der Waals surface area (Å²) >= 11 is 3.59. The summed E-state index contributed by atoms with van der Waals surface area (Å²) in [6, 6.07) is 3.60. The third-order valence-electron chi connectivity index (χ3n) is 3.45. The topological polar surface area (TPSA) is 49.3 Å². The Balaban J connectivity index is 2.07. The van der Waals surface area contributed by atoms with Crippen molar-refractivity contribution in [3.63, 3.8) is 0 Å². The van der Waals surface area contributed by atoms with Crippen LogP contribution in [0.5, 0.6) is 5.75 Å². The third-order valence-corrected chi connectivity index (χ3v) is 4.54. The van der Waals surface area contributed by atoms with E-state index in [4.69, 9.17) is 5.11 Å². The van der Waals surface area contributed by atoms with Crippen molar-refractivity contribution in [3.8, 4) is 5.75 Å². The highest BCUT2D eigenvalue weighted by Crippen LogP contribution is 2.24. The lowest BCUT2D eigenvalue weighted by Gasteiger charge is -2.21. The number of carbonyl (C=O) groups is 1. The number of aromatic hydroxyl groups is 1. The Bertz CT molecular complexity index is 467. The first-order chi connectivity index (χ1) is 9.08. The molecule has 1 aliphatic carbocycles. The number of carbonyl (C=O) groups excluding carboxylic acids is 1. The molecule has 3 nitrogen and oxygen atoms in total. The van der Waals surface area contributed by atoms with Gasteiger partial charge in [-0.15, -0.1) is 0 Å². The Morgan fingerprint density at radius 1 is 1.32 bits per heavy atom. The van der Waals surface area contributed by atoms with E-state index in [1.54, 1.807) is 0 Å². The fourth-order valence-corrected chi connectivity index (χ4v) is 3.08. The van der Waals surface area contributed by atoms with Crippen LogP contribution in [-0.4, -0.2) is 21.9 Å². The first-order valence-electron chi connectivity index (χ1n) is 6.51. The maximum atomic E-state index is 13.6. The van der Waals surface area contributed by atoms with Crippen LogP contribution in [0.2, 0.25) is 0 Å². The van der Waals surface area contributed by atoms with Crippen molar-refractivity contribution in [1.29, 1.82) is 0 Å². The monoisotopic (exact) mass is 329 g/mol. The number of halogens is 2. The van der Waals surface area contributed by atoms with E-state index >= 15 is 0 Å². The van der Waals surface area contributed by atoms with Gasteiger partial charge in [-0.05, 0) is 25.0 Å². The van der Waals surface area contributed by atoms with Gasteiger partial charge in [0.1, 0.15) is 11.6 Å². The molecule has 0 aromatic heterocycles. The molecular formula is C14H17BrFNO2. The van der Waals surface area contributed by atoms with Crippen molar-refractivity contribution in [2.45, 2.75) is 43.0 Å². The number of rotatable bonds is 2. The molecular weight excluding hydrogens is 313 g/mol. The highest BCUT2D eigenvalue weighted by atomic mass is 79.9. The zero-order valence-corrected chi connectivity index (χ0v) is 12.1. The van der Waals surface area contributed by atoms with E-state index in [1.807, 2.05) is 0 Å². The smallest absolute Gasteiger partial charge is 0.254 e. The second-order valence-corrected chi connectivity index (χ2v) is 6.07. The average molecular weight is 330 g/mol. The minimum absolute atomic E-state index is 0.0262. The van der Waals surface area contributed by atoms with Gasteiger partial charge >= 0.3 is 0 Å². The summed E-state index contributed by atoms with van der Waals surface area (Å²) in [7, 11) is 0. The van der Waals surface area contributed by atoms with E-state index in [2.05, 4.69) is 21.2 Å². The highest BCUT2D eigenvalue weighted by Gasteiger charge is 2.24. The van der Waals surface area contributed by atoms with Gasteiger partial charge in [0.2, 0.25) is 0 Å². The normalized spacial score (nSPS) is 23.7. The molecule has 2 unspecified atom stereocenters. The fraction of sp³-hybridized carbons (Fsp3) is 0.500. The Morgan fingerprint density at radius 2 is 2.05 bits per heavy atom. The second-order valence-electron chi connectivity index (χ2n) is 4.90. The lowest BCUT2D eigenvalue weighted by molar-refractivity contribution is 0.0931. The summed E-state index contributed by atoms with van der Waals surface area (Å²) in [5.41, 5.74) is -0.0262. The van der Waals surface area contributed by atoms with Crippen molar-refractivity contribution in [1.82, 2.24) is 5.32 Å². The number of hydrogen-bond donors (Lipinski definition) is 2. The van der Waals surface area contributed by atoms with E-state index in [1.165, 1.54) is 18.6 Å². The predicted octanol–water partition coefficient (Wildman–Crippen LogP) is 3.36. The van der Waals surface area contributed by atoms with Crippen LogP contribution in [0.15, 0.2) is 18.2 Å². The maximum Gasteiger partial charge on any atom is 0.254 e. The van der Waals surface area contributed by atoms with Crippen LogP contribution in [0.4, 0.5) is 4.39 Å². The molecule has 1 aromatic rings. The number of hydrogen-bond acceptors (Lipinski definition) is 2. The predicted molar refractivity (Wildman–Crippen MR) is 75.1 cm³/mol. The Labute approximate surface area is 120 Å². The summed E-state index contributed by atoms with van der Waals surface area (Å²) in [5.74, 6) is -1.30. The molecule has 19 heavy (non-hydrogen) atoms. The molecule has 0 saturated heterocycles. The van der Waals surface area contributed by atoms with E-state index in [-0.39, 0.29) is 22.2 Å². The molecule has 1 saturated carbocycles. The van der Waals surface area contributed by atoms with Gasteiger partial charge in [-0.3, -0.25) is 4.79 Å². The number of alkyl halides is 1. The van der Waals surface area contributed by atoms with Crippen LogP contribution in [0.1, 0.15) is 42.5 Å². The summed E-state index contributed by atoms with van der Waals surface area (Å²) in [4.78, 5) is 12.3. The zero-order valence-electron chi connectivity index (χ0n) is 10.5. The van der Waals surface area contributed by atoms with Crippen molar-refractivity contribution in [2.75, 3.05) is 0 Å². The maximum absolute atomic E-state index is 13.6. The van der Waals surface area contributed by atoms with Crippen LogP contribution in [0.3, 0.4) is 0 Å². The highest BCUT2D eigenvalue weighted by molar-refractivity contribution is 9.09. The lowest BCUT2D eigenvalue weighted by Crippen LogP contribution is -2.40. The second kappa shape index (κ2) is 6.37. The first-order valence-corrected chi connectivity index (χ1v) is 7.43. The summed E-state index contributed by atoms with van der Waals surface area (Å²) in [5, 5.41) is 12.0. The van der Waals surface area contributed by atoms with Gasteiger partial charge in [0, 0.05) is 16.9 Å². The van der Waals surface area contributed by atoms with Crippen LogP contribution in [0.25, 0.3) is 0 Å². The standard InChI is InChI=1S/C14H17BrFNO2/c15-11-4-2-1-3-5-13(11)17-14(19)10-7-6-9(18)8-12(10)16/h6-8,11,13,18H,1-5H2,(H,17,19). The number of phenolic OH excluding ortho intramolecular Hbond substituents is 1. The van der Waals surface area contributed by atoms with E-state index in [0.29, 0.717) is 0 Å². The van der Waals surface area contributed by atoms with Crippen molar-refractivity contribution in [3.05, 3.63) is 29.6 Å². The Morgan fingerprint density at radius 3 is 2.79 bits per heavy atom. The summed E-state index contributed by atoms with van der Waals surface area (Å²) in [6.45, 7) is 0. The summed E-state index contributed by atoms with van der Waals surface area (Å²) in [6.07, 6.45) is 5.31. The third kappa shape index (κ3) is 3.69. The van der Waals surface area contributed by atoms with Gasteiger partial charge in [0.15, 0.2) is 0 Å². The largest absolute Gasteiger partial charge is 0.508 e. The Kier molecular flexibility index (Phi) is 4.80. The molecule has 1 aliphatic rings. The Hall–Kier alpha value is -1.10. The van der Waals surface area contributed by atoms with E-state index in [0.717, 1.165) is 31.7 Å². The van der Waals surface area contributed by atoms with Crippen molar-refractivity contribution in [2.24, 2.45) is 0 Å². The molecule has 104 valence electrons. The number of phenols is 1. The molecule has 1 aromatic carbocycles. The molecule has 0 radical (unpaired) electrons. The molecule has 2 N–H and O–H groups in total. The van der Waals surface area contributed by atoms with Gasteiger partial charge in [-0.25, -0.2) is 4.39 Å². The average Bonchev–Trinajstić information content (AvgIpc) is 2.55. The minimum Gasteiger partial charge on any atom is -0.508 e. The van der Waals surface area contributed by atoms with E-state index < -0.39 is 11.7 Å². The molecule has 0 spiro atoms. The number of nitrogens with one attached hydrogen (secondary N) is 1. The van der Waals surface area contributed by atoms with Crippen LogP contribution >= 0.6 is 15.9 Å². The van der Waals surface area contributed by atoms with Crippen LogP contribution in [-0.2, 0) is 0 Å². The molecule has 0 heterocycles. The van der Waals surface area contributed by atoms with Gasteiger partial charge in [0.05, 0.1) is 5.56 Å². The molecule has 0 aliphatic heterocycles. The van der Waals surface area contributed by atoms with Gasteiger partial charge in [-0.1, -0.05) is 35.2 Å². The quantitative estimate of drug-likeness (QED) is 0.645. The first kappa shape index (κ1) is 14.3. The lowest BCUT2D eigenvalue weighted by atomic mass is 10.1. The molecule has 1 amide bonds. The summed E-state index contributed by atoms with van der Waals surface area (Å²) < 4.78 is 13.6. The van der Waals surface area contributed by atoms with Crippen molar-refractivity contribution < 1.29 is 14.3 Å². The molecule has 2 atom stereocenters. The zero-order chi connectivity index (χ0) is 13.8. The minimum atomic E-state index is -0.697. The van der Waals surface area contributed by atoms with Gasteiger partial charge in [-0.2, -0.15) is 0 Å². The van der Waals surface area contributed by atoms with Crippen molar-refractivity contribution >= 4 is 21.8 Å². The molecule has 5 heteroatoms. The van der Waals surface area contributed by atoms with Gasteiger partial charge < -0.3 is 10.4 Å².